The lowest BCUT2D eigenvalue weighted by atomic mass is 10.1. The Hall–Kier alpha value is -0.610. The number of rotatable bonds is 6. The molecular formula is C11H22N2O2. The van der Waals surface area contributed by atoms with E-state index in [2.05, 4.69) is 10.6 Å². The van der Waals surface area contributed by atoms with Gasteiger partial charge < -0.3 is 15.7 Å². The highest BCUT2D eigenvalue weighted by Gasteiger charge is 2.21. The maximum Gasteiger partial charge on any atom is 0.221 e. The molecule has 0 aromatic heterocycles. The van der Waals surface area contributed by atoms with Crippen LogP contribution in [0.25, 0.3) is 0 Å². The van der Waals surface area contributed by atoms with E-state index in [0.717, 1.165) is 32.4 Å². The van der Waals surface area contributed by atoms with E-state index in [1.54, 1.807) is 0 Å². The largest absolute Gasteiger partial charge is 0.393 e. The molecule has 2 unspecified atom stereocenters. The predicted molar refractivity (Wildman–Crippen MR) is 59.5 cm³/mol. The quantitative estimate of drug-likeness (QED) is 0.556. The normalized spacial score (nSPS) is 25.5. The monoisotopic (exact) mass is 214 g/mol. The summed E-state index contributed by atoms with van der Waals surface area (Å²) < 4.78 is 0. The third-order valence-electron chi connectivity index (χ3n) is 2.85. The lowest BCUT2D eigenvalue weighted by Gasteiger charge is -2.10. The molecule has 0 aromatic rings. The second-order valence-corrected chi connectivity index (χ2v) is 4.24. The molecule has 0 aliphatic heterocycles. The Bertz CT molecular complexity index is 197. The van der Waals surface area contributed by atoms with Crippen LogP contribution >= 0.6 is 0 Å². The van der Waals surface area contributed by atoms with Crippen molar-refractivity contribution in [2.24, 2.45) is 5.92 Å². The molecule has 0 heterocycles. The second kappa shape index (κ2) is 6.80. The van der Waals surface area contributed by atoms with Gasteiger partial charge in [0.2, 0.25) is 5.91 Å². The van der Waals surface area contributed by atoms with Gasteiger partial charge in [0.05, 0.1) is 6.10 Å². The Labute approximate surface area is 91.4 Å². The molecule has 88 valence electrons. The molecular weight excluding hydrogens is 192 g/mol. The Kier molecular flexibility index (Phi) is 5.65. The van der Waals surface area contributed by atoms with Gasteiger partial charge in [0.1, 0.15) is 0 Å². The highest BCUT2D eigenvalue weighted by Crippen LogP contribution is 2.24. The molecule has 4 heteroatoms. The third-order valence-corrected chi connectivity index (χ3v) is 2.85. The Morgan fingerprint density at radius 2 is 2.27 bits per heavy atom. The average Bonchev–Trinajstić information content (AvgIpc) is 2.60. The van der Waals surface area contributed by atoms with Crippen LogP contribution in [-0.4, -0.2) is 36.8 Å². The van der Waals surface area contributed by atoms with Crippen molar-refractivity contribution in [1.29, 1.82) is 0 Å². The summed E-state index contributed by atoms with van der Waals surface area (Å²) in [6.07, 6.45) is 3.40. The Balaban J connectivity index is 1.95. The fourth-order valence-electron chi connectivity index (χ4n) is 2.03. The van der Waals surface area contributed by atoms with Gasteiger partial charge in [-0.1, -0.05) is 0 Å². The Morgan fingerprint density at radius 1 is 1.47 bits per heavy atom. The fraction of sp³-hybridized carbons (Fsp3) is 0.909. The highest BCUT2D eigenvalue weighted by atomic mass is 16.3. The molecule has 3 N–H and O–H groups in total. The number of carbonyl (C=O) groups excluding carboxylic acids is 1. The Morgan fingerprint density at radius 3 is 2.87 bits per heavy atom. The summed E-state index contributed by atoms with van der Waals surface area (Å²) in [4.78, 5) is 11.1. The van der Waals surface area contributed by atoms with Gasteiger partial charge in [0, 0.05) is 19.5 Å². The molecule has 1 aliphatic carbocycles. The van der Waals surface area contributed by atoms with Gasteiger partial charge in [0.15, 0.2) is 0 Å². The molecule has 0 aromatic carbocycles. The summed E-state index contributed by atoms with van der Waals surface area (Å²) in [5.41, 5.74) is 0. The number of aliphatic hydroxyl groups excluding tert-OH is 1. The first-order chi connectivity index (χ1) is 7.22. The van der Waals surface area contributed by atoms with Crippen molar-refractivity contribution in [2.45, 2.75) is 38.7 Å². The number of carbonyl (C=O) groups is 1. The van der Waals surface area contributed by atoms with Gasteiger partial charge in [-0.3, -0.25) is 4.79 Å². The van der Waals surface area contributed by atoms with Crippen molar-refractivity contribution >= 4 is 5.91 Å². The topological polar surface area (TPSA) is 61.4 Å². The first-order valence-corrected chi connectivity index (χ1v) is 5.87. The van der Waals surface area contributed by atoms with Crippen molar-refractivity contribution in [3.63, 3.8) is 0 Å². The van der Waals surface area contributed by atoms with Crippen LogP contribution in [-0.2, 0) is 4.79 Å². The summed E-state index contributed by atoms with van der Waals surface area (Å²) >= 11 is 0. The molecule has 0 saturated heterocycles. The van der Waals surface area contributed by atoms with Crippen molar-refractivity contribution in [1.82, 2.24) is 10.6 Å². The molecule has 0 spiro atoms. The highest BCUT2D eigenvalue weighted by molar-refractivity contribution is 5.75. The maximum absolute atomic E-state index is 11.1. The minimum Gasteiger partial charge on any atom is -0.393 e. The second-order valence-electron chi connectivity index (χ2n) is 4.24. The van der Waals surface area contributed by atoms with Crippen LogP contribution < -0.4 is 10.6 Å². The van der Waals surface area contributed by atoms with Gasteiger partial charge in [-0.25, -0.2) is 0 Å². The fourth-order valence-corrected chi connectivity index (χ4v) is 2.03. The molecule has 1 rings (SSSR count). The van der Waals surface area contributed by atoms with Crippen LogP contribution in [0.4, 0.5) is 0 Å². The summed E-state index contributed by atoms with van der Waals surface area (Å²) in [6.45, 7) is 4.29. The van der Waals surface area contributed by atoms with Crippen molar-refractivity contribution < 1.29 is 9.90 Å². The van der Waals surface area contributed by atoms with Crippen LogP contribution in [0.3, 0.4) is 0 Å². The zero-order valence-electron chi connectivity index (χ0n) is 9.46. The molecule has 1 aliphatic rings. The summed E-state index contributed by atoms with van der Waals surface area (Å²) in [7, 11) is 0. The molecule has 1 saturated carbocycles. The summed E-state index contributed by atoms with van der Waals surface area (Å²) in [6, 6.07) is 0. The predicted octanol–water partition coefficient (Wildman–Crippen LogP) is 0.263. The van der Waals surface area contributed by atoms with E-state index >= 15 is 0 Å². The van der Waals surface area contributed by atoms with Gasteiger partial charge in [-0.2, -0.15) is 0 Å². The number of aliphatic hydroxyl groups is 1. The first kappa shape index (κ1) is 12.5. The zero-order valence-corrected chi connectivity index (χ0v) is 9.46. The number of nitrogens with one attached hydrogen (secondary N) is 2. The maximum atomic E-state index is 11.1. The van der Waals surface area contributed by atoms with Crippen LogP contribution in [0, 0.1) is 5.92 Å². The van der Waals surface area contributed by atoms with Crippen LogP contribution in [0.2, 0.25) is 0 Å². The smallest absolute Gasteiger partial charge is 0.221 e. The van der Waals surface area contributed by atoms with Crippen molar-refractivity contribution in [3.8, 4) is 0 Å². The van der Waals surface area contributed by atoms with E-state index in [1.165, 1.54) is 0 Å². The van der Waals surface area contributed by atoms with Crippen LogP contribution in [0.5, 0.6) is 0 Å². The average molecular weight is 214 g/mol. The van der Waals surface area contributed by atoms with Crippen molar-refractivity contribution in [2.75, 3.05) is 19.6 Å². The minimum absolute atomic E-state index is 0.0970. The van der Waals surface area contributed by atoms with E-state index in [4.69, 9.17) is 0 Å². The molecule has 1 fully saturated rings. The molecule has 0 radical (unpaired) electrons. The molecule has 15 heavy (non-hydrogen) atoms. The third kappa shape index (κ3) is 5.14. The zero-order chi connectivity index (χ0) is 11.1. The molecule has 4 nitrogen and oxygen atoms in total. The van der Waals surface area contributed by atoms with Gasteiger partial charge in [0.25, 0.3) is 0 Å². The molecule has 2 atom stereocenters. The number of amides is 1. The van der Waals surface area contributed by atoms with Gasteiger partial charge in [-0.05, 0) is 38.6 Å². The summed E-state index contributed by atoms with van der Waals surface area (Å²) in [5, 5.41) is 15.3. The SMILES string of the molecule is CCNC(=O)CCNCC1CCC(O)C1. The van der Waals surface area contributed by atoms with Gasteiger partial charge in [-0.15, -0.1) is 0 Å². The molecule has 1 amide bonds. The van der Waals surface area contributed by atoms with Crippen LogP contribution in [0.15, 0.2) is 0 Å². The number of hydrogen-bond acceptors (Lipinski definition) is 3. The standard InChI is InChI=1S/C11H22N2O2/c1-2-13-11(15)5-6-12-8-9-3-4-10(14)7-9/h9-10,12,14H,2-8H2,1H3,(H,13,15). The van der Waals surface area contributed by atoms with Crippen molar-refractivity contribution in [3.05, 3.63) is 0 Å². The van der Waals surface area contributed by atoms with Crippen LogP contribution in [0.1, 0.15) is 32.6 Å². The van der Waals surface area contributed by atoms with E-state index in [9.17, 15) is 9.90 Å². The van der Waals surface area contributed by atoms with E-state index in [1.807, 2.05) is 6.92 Å². The van der Waals surface area contributed by atoms with Gasteiger partial charge >= 0.3 is 0 Å². The number of hydrogen-bond donors (Lipinski definition) is 3. The lowest BCUT2D eigenvalue weighted by Crippen LogP contribution is -2.29. The van der Waals surface area contributed by atoms with E-state index in [0.29, 0.717) is 18.9 Å². The summed E-state index contributed by atoms with van der Waals surface area (Å²) in [5.74, 6) is 0.700. The van der Waals surface area contributed by atoms with E-state index < -0.39 is 0 Å². The minimum atomic E-state index is -0.0970. The van der Waals surface area contributed by atoms with E-state index in [-0.39, 0.29) is 12.0 Å². The lowest BCUT2D eigenvalue weighted by molar-refractivity contribution is -0.120. The molecule has 0 bridgehead atoms. The first-order valence-electron chi connectivity index (χ1n) is 5.87.